The van der Waals surface area contributed by atoms with E-state index in [0.29, 0.717) is 12.6 Å². The number of aliphatic hydroxyl groups is 1. The largest absolute Gasteiger partial charge is 0.396 e. The minimum atomic E-state index is 0.165. The summed E-state index contributed by atoms with van der Waals surface area (Å²) in [6, 6.07) is 0.444. The van der Waals surface area contributed by atoms with E-state index in [1.807, 2.05) is 0 Å². The molecule has 0 aromatic heterocycles. The van der Waals surface area contributed by atoms with Gasteiger partial charge in [-0.1, -0.05) is 19.8 Å². The van der Waals surface area contributed by atoms with Crippen LogP contribution in [-0.2, 0) is 4.74 Å². The molecule has 0 spiro atoms. The molecule has 0 amide bonds. The van der Waals surface area contributed by atoms with Gasteiger partial charge in [-0.15, -0.1) is 0 Å². The Morgan fingerprint density at radius 3 is 2.44 bits per heavy atom. The van der Waals surface area contributed by atoms with Gasteiger partial charge in [0.2, 0.25) is 0 Å². The second-order valence-electron chi connectivity index (χ2n) is 5.23. The Bertz CT molecular complexity index is 190. The van der Waals surface area contributed by atoms with Crippen molar-refractivity contribution in [2.75, 3.05) is 33.4 Å². The van der Waals surface area contributed by atoms with Gasteiger partial charge in [-0.05, 0) is 26.3 Å². The van der Waals surface area contributed by atoms with Crippen LogP contribution in [0.3, 0.4) is 0 Å². The molecule has 1 saturated carbocycles. The molecule has 0 aromatic carbocycles. The Hall–Kier alpha value is -0.120. The third kappa shape index (κ3) is 3.44. The smallest absolute Gasteiger partial charge is 0.0615 e. The highest BCUT2D eigenvalue weighted by Gasteiger charge is 2.35. The molecule has 1 aliphatic rings. The lowest BCUT2D eigenvalue weighted by Gasteiger charge is -2.36. The van der Waals surface area contributed by atoms with E-state index in [0.717, 1.165) is 19.7 Å². The van der Waals surface area contributed by atoms with E-state index < -0.39 is 0 Å². The maximum atomic E-state index is 9.61. The van der Waals surface area contributed by atoms with Crippen LogP contribution in [0.15, 0.2) is 0 Å². The molecular formula is C13H27NO2. The first-order valence-corrected chi connectivity index (χ1v) is 6.51. The Labute approximate surface area is 99.8 Å². The summed E-state index contributed by atoms with van der Waals surface area (Å²) in [5.74, 6) is 0. The van der Waals surface area contributed by atoms with Crippen LogP contribution in [-0.4, -0.2) is 49.5 Å². The molecule has 1 rings (SSSR count). The summed E-state index contributed by atoms with van der Waals surface area (Å²) in [7, 11) is 1.75. The molecule has 3 heteroatoms. The molecule has 1 fully saturated rings. The van der Waals surface area contributed by atoms with Gasteiger partial charge in [0.1, 0.15) is 0 Å². The van der Waals surface area contributed by atoms with Crippen molar-refractivity contribution in [3.05, 3.63) is 0 Å². The zero-order valence-corrected chi connectivity index (χ0v) is 11.0. The van der Waals surface area contributed by atoms with Gasteiger partial charge in [-0.25, -0.2) is 0 Å². The van der Waals surface area contributed by atoms with Gasteiger partial charge in [0.05, 0.1) is 6.61 Å². The van der Waals surface area contributed by atoms with Gasteiger partial charge < -0.3 is 9.84 Å². The minimum Gasteiger partial charge on any atom is -0.396 e. The highest BCUT2D eigenvalue weighted by Crippen LogP contribution is 2.38. The lowest BCUT2D eigenvalue weighted by molar-refractivity contribution is 0.0386. The minimum absolute atomic E-state index is 0.165. The Morgan fingerprint density at radius 2 is 2.00 bits per heavy atom. The van der Waals surface area contributed by atoms with E-state index in [-0.39, 0.29) is 5.41 Å². The van der Waals surface area contributed by atoms with E-state index in [2.05, 4.69) is 18.7 Å². The Morgan fingerprint density at radius 1 is 1.38 bits per heavy atom. The SMILES string of the molecule is CCN(CC1(CO)CCCC1)C(C)COC. The molecule has 1 N–H and O–H groups in total. The highest BCUT2D eigenvalue weighted by molar-refractivity contribution is 4.88. The van der Waals surface area contributed by atoms with Gasteiger partial charge in [0.25, 0.3) is 0 Å². The third-order valence-electron chi connectivity index (χ3n) is 3.98. The van der Waals surface area contributed by atoms with Crippen LogP contribution >= 0.6 is 0 Å². The van der Waals surface area contributed by atoms with Crippen molar-refractivity contribution < 1.29 is 9.84 Å². The van der Waals surface area contributed by atoms with E-state index in [1.165, 1.54) is 25.7 Å². The fraction of sp³-hybridized carbons (Fsp3) is 1.00. The Balaban J connectivity index is 2.53. The fourth-order valence-electron chi connectivity index (χ4n) is 2.85. The monoisotopic (exact) mass is 229 g/mol. The molecule has 0 aliphatic heterocycles. The van der Waals surface area contributed by atoms with Crippen LogP contribution in [0.4, 0.5) is 0 Å². The maximum Gasteiger partial charge on any atom is 0.0615 e. The van der Waals surface area contributed by atoms with Crippen molar-refractivity contribution in [1.29, 1.82) is 0 Å². The molecule has 0 saturated heterocycles. The van der Waals surface area contributed by atoms with Gasteiger partial charge in [0, 0.05) is 31.7 Å². The lowest BCUT2D eigenvalue weighted by Crippen LogP contribution is -2.44. The average Bonchev–Trinajstić information content (AvgIpc) is 2.75. The first kappa shape index (κ1) is 13.9. The highest BCUT2D eigenvalue weighted by atomic mass is 16.5. The number of rotatable bonds is 7. The topological polar surface area (TPSA) is 32.7 Å². The van der Waals surface area contributed by atoms with Crippen molar-refractivity contribution in [2.24, 2.45) is 5.41 Å². The second-order valence-corrected chi connectivity index (χ2v) is 5.23. The predicted octanol–water partition coefficient (Wildman–Crippen LogP) is 1.90. The number of aliphatic hydroxyl groups excluding tert-OH is 1. The molecule has 0 aromatic rings. The van der Waals surface area contributed by atoms with E-state index in [1.54, 1.807) is 7.11 Å². The van der Waals surface area contributed by atoms with Gasteiger partial charge in [0.15, 0.2) is 0 Å². The number of nitrogens with zero attached hydrogens (tertiary/aromatic N) is 1. The van der Waals surface area contributed by atoms with Crippen LogP contribution in [0.25, 0.3) is 0 Å². The first-order chi connectivity index (χ1) is 7.67. The Kier molecular flexibility index (Phi) is 5.73. The predicted molar refractivity (Wildman–Crippen MR) is 66.6 cm³/mol. The first-order valence-electron chi connectivity index (χ1n) is 6.51. The second kappa shape index (κ2) is 6.58. The summed E-state index contributed by atoms with van der Waals surface area (Å²) >= 11 is 0. The van der Waals surface area contributed by atoms with Crippen molar-refractivity contribution >= 4 is 0 Å². The molecule has 96 valence electrons. The quantitative estimate of drug-likeness (QED) is 0.723. The van der Waals surface area contributed by atoms with Crippen LogP contribution in [0, 0.1) is 5.41 Å². The van der Waals surface area contributed by atoms with Gasteiger partial charge in [-0.2, -0.15) is 0 Å². The summed E-state index contributed by atoms with van der Waals surface area (Å²) in [4.78, 5) is 2.44. The van der Waals surface area contributed by atoms with E-state index in [4.69, 9.17) is 4.74 Å². The van der Waals surface area contributed by atoms with Crippen molar-refractivity contribution in [1.82, 2.24) is 4.90 Å². The molecular weight excluding hydrogens is 202 g/mol. The average molecular weight is 229 g/mol. The van der Waals surface area contributed by atoms with Crippen LogP contribution in [0.5, 0.6) is 0 Å². The molecule has 1 aliphatic carbocycles. The zero-order valence-electron chi connectivity index (χ0n) is 11.0. The van der Waals surface area contributed by atoms with Crippen LogP contribution < -0.4 is 0 Å². The summed E-state index contributed by atoms with van der Waals surface area (Å²) in [6.45, 7) is 7.55. The molecule has 0 heterocycles. The summed E-state index contributed by atoms with van der Waals surface area (Å²) in [5, 5.41) is 9.61. The molecule has 1 unspecified atom stereocenters. The van der Waals surface area contributed by atoms with E-state index >= 15 is 0 Å². The van der Waals surface area contributed by atoms with Gasteiger partial charge >= 0.3 is 0 Å². The molecule has 1 atom stereocenters. The number of methoxy groups -OCH3 is 1. The van der Waals surface area contributed by atoms with E-state index in [9.17, 15) is 5.11 Å². The summed E-state index contributed by atoms with van der Waals surface area (Å²) in [5.41, 5.74) is 0.165. The lowest BCUT2D eigenvalue weighted by atomic mass is 9.86. The number of hydrogen-bond donors (Lipinski definition) is 1. The summed E-state index contributed by atoms with van der Waals surface area (Å²) < 4.78 is 5.21. The molecule has 3 nitrogen and oxygen atoms in total. The third-order valence-corrected chi connectivity index (χ3v) is 3.98. The molecule has 0 radical (unpaired) electrons. The fourth-order valence-corrected chi connectivity index (χ4v) is 2.85. The normalized spacial score (nSPS) is 21.6. The molecule has 0 bridgehead atoms. The van der Waals surface area contributed by atoms with Gasteiger partial charge in [-0.3, -0.25) is 4.90 Å². The summed E-state index contributed by atoms with van der Waals surface area (Å²) in [6.07, 6.45) is 4.91. The number of hydrogen-bond acceptors (Lipinski definition) is 3. The standard InChI is InChI=1S/C13H27NO2/c1-4-14(12(2)9-16-3)10-13(11-15)7-5-6-8-13/h12,15H,4-11H2,1-3H3. The molecule has 16 heavy (non-hydrogen) atoms. The van der Waals surface area contributed by atoms with Crippen molar-refractivity contribution in [3.8, 4) is 0 Å². The van der Waals surface area contributed by atoms with Crippen LogP contribution in [0.1, 0.15) is 39.5 Å². The van der Waals surface area contributed by atoms with Crippen molar-refractivity contribution in [3.63, 3.8) is 0 Å². The number of ether oxygens (including phenoxy) is 1. The maximum absolute atomic E-state index is 9.61. The zero-order chi connectivity index (χ0) is 12.0. The number of likely N-dealkylation sites (N-methyl/N-ethyl adjacent to an activating group) is 1. The van der Waals surface area contributed by atoms with Crippen molar-refractivity contribution in [2.45, 2.75) is 45.6 Å². The van der Waals surface area contributed by atoms with Crippen LogP contribution in [0.2, 0.25) is 0 Å².